The first kappa shape index (κ1) is 13.5. The molecule has 3 heteroatoms. The topological polar surface area (TPSA) is 46.5 Å². The van der Waals surface area contributed by atoms with Crippen molar-refractivity contribution < 1.29 is 14.6 Å². The molecule has 0 aliphatic carbocycles. The summed E-state index contributed by atoms with van der Waals surface area (Å²) >= 11 is 0. The van der Waals surface area contributed by atoms with Gasteiger partial charge in [0.05, 0.1) is 6.61 Å². The van der Waals surface area contributed by atoms with Gasteiger partial charge >= 0.3 is 0 Å². The van der Waals surface area contributed by atoms with Crippen molar-refractivity contribution in [3.8, 4) is 11.5 Å². The van der Waals surface area contributed by atoms with Crippen LogP contribution in [0.1, 0.15) is 37.6 Å². The predicted octanol–water partition coefficient (Wildman–Crippen LogP) is 3.02. The quantitative estimate of drug-likeness (QED) is 0.780. The van der Waals surface area contributed by atoms with Gasteiger partial charge in [-0.25, -0.2) is 0 Å². The third kappa shape index (κ3) is 5.05. The maximum absolute atomic E-state index is 10.3. The van der Waals surface area contributed by atoms with Crippen LogP contribution in [0.5, 0.6) is 11.5 Å². The fraction of sp³-hybridized carbons (Fsp3) is 0.417. The van der Waals surface area contributed by atoms with Gasteiger partial charge in [0, 0.05) is 5.56 Å². The molecule has 1 aromatic carbocycles. The van der Waals surface area contributed by atoms with E-state index in [-0.39, 0.29) is 5.75 Å². The highest BCUT2D eigenvalue weighted by molar-refractivity contribution is 5.76. The van der Waals surface area contributed by atoms with Crippen molar-refractivity contribution in [1.29, 1.82) is 0 Å². The molecule has 3 nitrogen and oxygen atoms in total. The van der Waals surface area contributed by atoms with E-state index in [4.69, 9.17) is 4.74 Å². The average molecular weight is 210 g/mol. The highest BCUT2D eigenvalue weighted by Gasteiger charge is 2.01. The van der Waals surface area contributed by atoms with Crippen LogP contribution in [0.25, 0.3) is 0 Å². The van der Waals surface area contributed by atoms with Crippen LogP contribution in [-0.2, 0) is 0 Å². The third-order valence-corrected chi connectivity index (χ3v) is 1.42. The highest BCUT2D eigenvalue weighted by Crippen LogP contribution is 2.25. The van der Waals surface area contributed by atoms with Gasteiger partial charge in [0.25, 0.3) is 0 Å². The van der Waals surface area contributed by atoms with Gasteiger partial charge < -0.3 is 9.84 Å². The minimum Gasteiger partial charge on any atom is -0.504 e. The fourth-order valence-corrected chi connectivity index (χ4v) is 0.875. The Hall–Kier alpha value is -1.51. The number of carbonyl (C=O) groups excluding carboxylic acids is 1. The molecule has 0 aliphatic rings. The van der Waals surface area contributed by atoms with E-state index >= 15 is 0 Å². The van der Waals surface area contributed by atoms with Gasteiger partial charge in [-0.3, -0.25) is 4.79 Å². The van der Waals surface area contributed by atoms with Crippen molar-refractivity contribution in [2.45, 2.75) is 27.2 Å². The molecule has 0 radical (unpaired) electrons. The summed E-state index contributed by atoms with van der Waals surface area (Å²) in [5.41, 5.74) is 0.497. The molecule has 0 aromatic heterocycles. The van der Waals surface area contributed by atoms with Crippen LogP contribution >= 0.6 is 0 Å². The molecule has 0 heterocycles. The average Bonchev–Trinajstić information content (AvgIpc) is 2.23. The molecule has 0 fully saturated rings. The lowest BCUT2D eigenvalue weighted by molar-refractivity contribution is 0.112. The number of phenols is 1. The number of hydrogen-bond donors (Lipinski definition) is 1. The van der Waals surface area contributed by atoms with E-state index in [1.54, 1.807) is 0 Å². The number of aromatic hydroxyl groups is 1. The van der Waals surface area contributed by atoms with E-state index in [1.165, 1.54) is 24.6 Å². The molecule has 1 rings (SSSR count). The Kier molecular flexibility index (Phi) is 7.06. The molecule has 15 heavy (non-hydrogen) atoms. The Morgan fingerprint density at radius 2 is 1.93 bits per heavy atom. The standard InChI is InChI=1S/C9H10O3.C3H8/c1-2-12-9-5-7(6-10)3-4-8(9)11;1-3-2/h3-6,11H,2H2,1H3;3H2,1-2H3. The van der Waals surface area contributed by atoms with Gasteiger partial charge in [-0.1, -0.05) is 20.3 Å². The van der Waals surface area contributed by atoms with Crippen molar-refractivity contribution in [3.05, 3.63) is 23.8 Å². The largest absolute Gasteiger partial charge is 0.504 e. The second-order valence-corrected chi connectivity index (χ2v) is 2.99. The Labute approximate surface area is 90.7 Å². The van der Waals surface area contributed by atoms with Crippen molar-refractivity contribution in [2.75, 3.05) is 6.61 Å². The first-order valence-electron chi connectivity index (χ1n) is 5.10. The number of carbonyl (C=O) groups is 1. The predicted molar refractivity (Wildman–Crippen MR) is 60.6 cm³/mol. The summed E-state index contributed by atoms with van der Waals surface area (Å²) in [5.74, 6) is 0.407. The molecule has 84 valence electrons. The van der Waals surface area contributed by atoms with Crippen LogP contribution in [-0.4, -0.2) is 18.0 Å². The highest BCUT2D eigenvalue weighted by atomic mass is 16.5. The summed E-state index contributed by atoms with van der Waals surface area (Å²) in [6.45, 7) is 6.53. The molecular formula is C12H18O3. The monoisotopic (exact) mass is 210 g/mol. The summed E-state index contributed by atoms with van der Waals surface area (Å²) in [6.07, 6.45) is 1.96. The third-order valence-electron chi connectivity index (χ3n) is 1.42. The maximum atomic E-state index is 10.3. The second kappa shape index (κ2) is 7.85. The Morgan fingerprint density at radius 1 is 1.33 bits per heavy atom. The number of phenolic OH excluding ortho intramolecular Hbond substituents is 1. The van der Waals surface area contributed by atoms with Crippen molar-refractivity contribution in [3.63, 3.8) is 0 Å². The lowest BCUT2D eigenvalue weighted by Crippen LogP contribution is -1.92. The smallest absolute Gasteiger partial charge is 0.161 e. The van der Waals surface area contributed by atoms with Crippen molar-refractivity contribution in [1.82, 2.24) is 0 Å². The molecule has 1 N–H and O–H groups in total. The van der Waals surface area contributed by atoms with Crippen LogP contribution in [0.3, 0.4) is 0 Å². The fourth-order valence-electron chi connectivity index (χ4n) is 0.875. The molecule has 1 aromatic rings. The molecule has 0 atom stereocenters. The van der Waals surface area contributed by atoms with E-state index in [0.29, 0.717) is 24.2 Å². The van der Waals surface area contributed by atoms with E-state index in [0.717, 1.165) is 0 Å². The van der Waals surface area contributed by atoms with Crippen molar-refractivity contribution >= 4 is 6.29 Å². The normalized spacial score (nSPS) is 8.73. The maximum Gasteiger partial charge on any atom is 0.161 e. The minimum absolute atomic E-state index is 0.0578. The van der Waals surface area contributed by atoms with E-state index in [9.17, 15) is 9.90 Å². The zero-order valence-corrected chi connectivity index (χ0v) is 9.49. The second-order valence-electron chi connectivity index (χ2n) is 2.99. The first-order chi connectivity index (χ1) is 7.19. The summed E-state index contributed by atoms with van der Waals surface area (Å²) in [4.78, 5) is 10.3. The van der Waals surface area contributed by atoms with Crippen molar-refractivity contribution in [2.24, 2.45) is 0 Å². The van der Waals surface area contributed by atoms with Gasteiger partial charge in [0.15, 0.2) is 11.5 Å². The number of aldehydes is 1. The number of ether oxygens (including phenoxy) is 1. The molecule has 0 spiro atoms. The van der Waals surface area contributed by atoms with E-state index in [2.05, 4.69) is 13.8 Å². The minimum atomic E-state index is 0.0578. The molecule has 0 aliphatic heterocycles. The summed E-state index contributed by atoms with van der Waals surface area (Å²) in [7, 11) is 0. The van der Waals surface area contributed by atoms with Gasteiger partial charge in [0.1, 0.15) is 6.29 Å². The number of benzene rings is 1. The first-order valence-corrected chi connectivity index (χ1v) is 5.10. The zero-order valence-electron chi connectivity index (χ0n) is 9.49. The van der Waals surface area contributed by atoms with Crippen LogP contribution in [0, 0.1) is 0 Å². The Morgan fingerprint density at radius 3 is 2.40 bits per heavy atom. The molecule has 0 saturated heterocycles. The molecule has 0 unspecified atom stereocenters. The summed E-state index contributed by atoms with van der Waals surface area (Å²) < 4.78 is 5.07. The van der Waals surface area contributed by atoms with E-state index < -0.39 is 0 Å². The molecular weight excluding hydrogens is 192 g/mol. The molecule has 0 bridgehead atoms. The summed E-state index contributed by atoms with van der Waals surface area (Å²) in [6, 6.07) is 4.48. The summed E-state index contributed by atoms with van der Waals surface area (Å²) in [5, 5.41) is 9.22. The number of rotatable bonds is 3. The SMILES string of the molecule is CCC.CCOc1cc(C=O)ccc1O. The zero-order chi connectivity index (χ0) is 11.7. The van der Waals surface area contributed by atoms with Crippen LogP contribution in [0.15, 0.2) is 18.2 Å². The number of hydrogen-bond acceptors (Lipinski definition) is 3. The Balaban J connectivity index is 0.000000583. The van der Waals surface area contributed by atoms with Gasteiger partial charge in [-0.2, -0.15) is 0 Å². The molecule has 0 saturated carbocycles. The van der Waals surface area contributed by atoms with Gasteiger partial charge in [-0.15, -0.1) is 0 Å². The van der Waals surface area contributed by atoms with Gasteiger partial charge in [0.2, 0.25) is 0 Å². The van der Waals surface area contributed by atoms with Crippen LogP contribution < -0.4 is 4.74 Å². The lowest BCUT2D eigenvalue weighted by Gasteiger charge is -2.04. The lowest BCUT2D eigenvalue weighted by atomic mass is 10.2. The van der Waals surface area contributed by atoms with Crippen LogP contribution in [0.4, 0.5) is 0 Å². The van der Waals surface area contributed by atoms with Gasteiger partial charge in [-0.05, 0) is 25.1 Å². The Bertz CT molecular complexity index is 295. The molecule has 0 amide bonds. The van der Waals surface area contributed by atoms with E-state index in [1.807, 2.05) is 6.92 Å². The van der Waals surface area contributed by atoms with Crippen LogP contribution in [0.2, 0.25) is 0 Å².